The van der Waals surface area contributed by atoms with E-state index in [1.165, 1.54) is 0 Å². The minimum absolute atomic E-state index is 0.115. The SMILES string of the molecule is CCNc1nc(Cl)nc(NCC(C)(C)O)n1. The van der Waals surface area contributed by atoms with E-state index in [2.05, 4.69) is 25.6 Å². The summed E-state index contributed by atoms with van der Waals surface area (Å²) < 4.78 is 0. The zero-order chi connectivity index (χ0) is 12.2. The number of anilines is 2. The van der Waals surface area contributed by atoms with E-state index in [1.807, 2.05) is 6.92 Å². The van der Waals surface area contributed by atoms with E-state index in [1.54, 1.807) is 13.8 Å². The average molecular weight is 246 g/mol. The first-order valence-corrected chi connectivity index (χ1v) is 5.40. The number of nitrogens with one attached hydrogen (secondary N) is 2. The third-order valence-corrected chi connectivity index (χ3v) is 1.79. The molecule has 7 heteroatoms. The van der Waals surface area contributed by atoms with Crippen molar-refractivity contribution in [1.29, 1.82) is 0 Å². The smallest absolute Gasteiger partial charge is 0.228 e. The number of hydrogen-bond acceptors (Lipinski definition) is 6. The van der Waals surface area contributed by atoms with E-state index in [-0.39, 0.29) is 5.28 Å². The van der Waals surface area contributed by atoms with Crippen molar-refractivity contribution in [3.05, 3.63) is 5.28 Å². The molecule has 0 saturated heterocycles. The van der Waals surface area contributed by atoms with Gasteiger partial charge in [-0.05, 0) is 32.4 Å². The molecule has 0 aliphatic carbocycles. The van der Waals surface area contributed by atoms with E-state index >= 15 is 0 Å². The molecule has 0 unspecified atom stereocenters. The Hall–Kier alpha value is -1.14. The van der Waals surface area contributed by atoms with Crippen LogP contribution in [-0.2, 0) is 0 Å². The predicted molar refractivity (Wildman–Crippen MR) is 63.8 cm³/mol. The maximum atomic E-state index is 9.54. The van der Waals surface area contributed by atoms with Gasteiger partial charge >= 0.3 is 0 Å². The molecule has 0 fully saturated rings. The molecule has 90 valence electrons. The van der Waals surface area contributed by atoms with Gasteiger partial charge in [0.25, 0.3) is 0 Å². The van der Waals surface area contributed by atoms with Crippen LogP contribution in [0.1, 0.15) is 20.8 Å². The highest BCUT2D eigenvalue weighted by molar-refractivity contribution is 6.28. The fourth-order valence-electron chi connectivity index (χ4n) is 0.962. The van der Waals surface area contributed by atoms with Crippen LogP contribution in [0.25, 0.3) is 0 Å². The standard InChI is InChI=1S/C9H16ClN5O/c1-4-11-7-13-6(10)14-8(15-7)12-5-9(2,3)16/h16H,4-5H2,1-3H3,(H2,11,12,13,14,15). The summed E-state index contributed by atoms with van der Waals surface area (Å²) in [5.41, 5.74) is -0.836. The molecule has 0 aliphatic heterocycles. The fourth-order valence-corrected chi connectivity index (χ4v) is 1.12. The van der Waals surface area contributed by atoms with E-state index in [0.717, 1.165) is 0 Å². The minimum Gasteiger partial charge on any atom is -0.389 e. The lowest BCUT2D eigenvalue weighted by atomic mass is 10.1. The van der Waals surface area contributed by atoms with Crippen LogP contribution >= 0.6 is 11.6 Å². The van der Waals surface area contributed by atoms with Crippen LogP contribution in [0.4, 0.5) is 11.9 Å². The summed E-state index contributed by atoms with van der Waals surface area (Å²) in [5.74, 6) is 0.763. The molecule has 0 aromatic carbocycles. The van der Waals surface area contributed by atoms with Gasteiger partial charge in [0.15, 0.2) is 0 Å². The topological polar surface area (TPSA) is 83.0 Å². The maximum absolute atomic E-state index is 9.54. The molecule has 0 bridgehead atoms. The highest BCUT2D eigenvalue weighted by Crippen LogP contribution is 2.10. The highest BCUT2D eigenvalue weighted by Gasteiger charge is 2.13. The quantitative estimate of drug-likeness (QED) is 0.722. The molecule has 0 spiro atoms. The van der Waals surface area contributed by atoms with Gasteiger partial charge in [-0.25, -0.2) is 0 Å². The van der Waals surface area contributed by atoms with Gasteiger partial charge in [0.05, 0.1) is 5.60 Å². The zero-order valence-corrected chi connectivity index (χ0v) is 10.3. The van der Waals surface area contributed by atoms with Crippen LogP contribution in [0.2, 0.25) is 5.28 Å². The third-order valence-electron chi connectivity index (χ3n) is 1.62. The first-order valence-electron chi connectivity index (χ1n) is 5.02. The number of aliphatic hydroxyl groups is 1. The maximum Gasteiger partial charge on any atom is 0.228 e. The molecule has 1 aromatic rings. The molecule has 1 aromatic heterocycles. The number of halogens is 1. The number of aromatic nitrogens is 3. The molecular weight excluding hydrogens is 230 g/mol. The summed E-state index contributed by atoms with van der Waals surface area (Å²) in [4.78, 5) is 11.9. The lowest BCUT2D eigenvalue weighted by Gasteiger charge is -2.17. The minimum atomic E-state index is -0.836. The molecule has 1 rings (SSSR count). The number of rotatable bonds is 5. The van der Waals surface area contributed by atoms with Gasteiger partial charge in [-0.1, -0.05) is 0 Å². The largest absolute Gasteiger partial charge is 0.389 e. The molecule has 6 nitrogen and oxygen atoms in total. The second-order valence-corrected chi connectivity index (χ2v) is 4.29. The summed E-state index contributed by atoms with van der Waals surface area (Å²) in [5, 5.41) is 15.5. The molecule has 16 heavy (non-hydrogen) atoms. The van der Waals surface area contributed by atoms with Crippen molar-refractivity contribution in [2.24, 2.45) is 0 Å². The van der Waals surface area contributed by atoms with Crippen LogP contribution in [0.5, 0.6) is 0 Å². The molecule has 3 N–H and O–H groups in total. The molecule has 0 saturated carbocycles. The van der Waals surface area contributed by atoms with Crippen molar-refractivity contribution in [3.63, 3.8) is 0 Å². The third kappa shape index (κ3) is 4.59. The normalized spacial score (nSPS) is 11.3. The Kier molecular flexibility index (Phi) is 4.26. The number of nitrogens with zero attached hydrogens (tertiary/aromatic N) is 3. The summed E-state index contributed by atoms with van der Waals surface area (Å²) in [6.45, 7) is 6.34. The summed E-state index contributed by atoms with van der Waals surface area (Å²) >= 11 is 5.73. The Morgan fingerprint density at radius 2 is 1.75 bits per heavy atom. The zero-order valence-electron chi connectivity index (χ0n) is 9.58. The van der Waals surface area contributed by atoms with Gasteiger partial charge in [0, 0.05) is 13.1 Å². The highest BCUT2D eigenvalue weighted by atomic mass is 35.5. The van der Waals surface area contributed by atoms with Crippen LogP contribution in [0.15, 0.2) is 0 Å². The van der Waals surface area contributed by atoms with Gasteiger partial charge in [-0.3, -0.25) is 0 Å². The van der Waals surface area contributed by atoms with Gasteiger partial charge < -0.3 is 15.7 Å². The van der Waals surface area contributed by atoms with Crippen molar-refractivity contribution in [2.45, 2.75) is 26.4 Å². The van der Waals surface area contributed by atoms with Gasteiger partial charge in [-0.15, -0.1) is 0 Å². The predicted octanol–water partition coefficient (Wildman–Crippen LogP) is 1.14. The molecule has 0 amide bonds. The first kappa shape index (κ1) is 12.9. The Morgan fingerprint density at radius 3 is 2.25 bits per heavy atom. The Balaban J connectivity index is 2.72. The van der Waals surface area contributed by atoms with Crippen molar-refractivity contribution in [1.82, 2.24) is 15.0 Å². The monoisotopic (exact) mass is 245 g/mol. The molecular formula is C9H16ClN5O. The van der Waals surface area contributed by atoms with E-state index in [9.17, 15) is 5.11 Å². The van der Waals surface area contributed by atoms with Crippen molar-refractivity contribution >= 4 is 23.5 Å². The van der Waals surface area contributed by atoms with Gasteiger partial charge in [-0.2, -0.15) is 15.0 Å². The molecule has 0 aliphatic rings. The lowest BCUT2D eigenvalue weighted by molar-refractivity contribution is 0.0943. The van der Waals surface area contributed by atoms with Gasteiger partial charge in [0.1, 0.15) is 0 Å². The Bertz CT molecular complexity index is 352. The molecule has 0 atom stereocenters. The molecule has 0 radical (unpaired) electrons. The summed E-state index contributed by atoms with van der Waals surface area (Å²) in [6.07, 6.45) is 0. The van der Waals surface area contributed by atoms with E-state index in [0.29, 0.717) is 25.0 Å². The summed E-state index contributed by atoms with van der Waals surface area (Å²) in [6, 6.07) is 0. The summed E-state index contributed by atoms with van der Waals surface area (Å²) in [7, 11) is 0. The van der Waals surface area contributed by atoms with Crippen molar-refractivity contribution in [3.8, 4) is 0 Å². The van der Waals surface area contributed by atoms with Crippen LogP contribution in [-0.4, -0.2) is 38.7 Å². The average Bonchev–Trinajstić information content (AvgIpc) is 2.13. The van der Waals surface area contributed by atoms with E-state index in [4.69, 9.17) is 11.6 Å². The van der Waals surface area contributed by atoms with Crippen LogP contribution in [0.3, 0.4) is 0 Å². The molecule has 1 heterocycles. The second-order valence-electron chi connectivity index (χ2n) is 3.95. The Morgan fingerprint density at radius 1 is 1.19 bits per heavy atom. The second kappa shape index (κ2) is 5.27. The first-order chi connectivity index (χ1) is 7.40. The lowest BCUT2D eigenvalue weighted by Crippen LogP contribution is -2.30. The Labute approximate surface area is 99.5 Å². The van der Waals surface area contributed by atoms with Crippen molar-refractivity contribution < 1.29 is 5.11 Å². The van der Waals surface area contributed by atoms with Gasteiger partial charge in [0.2, 0.25) is 17.2 Å². The van der Waals surface area contributed by atoms with Crippen molar-refractivity contribution in [2.75, 3.05) is 23.7 Å². The van der Waals surface area contributed by atoms with E-state index < -0.39 is 5.60 Å². The van der Waals surface area contributed by atoms with Crippen LogP contribution in [0, 0.1) is 0 Å². The number of hydrogen-bond donors (Lipinski definition) is 3. The van der Waals surface area contributed by atoms with Crippen LogP contribution < -0.4 is 10.6 Å². The fraction of sp³-hybridized carbons (Fsp3) is 0.667.